The molecule has 4 aromatic carbocycles. The number of nitrogens with zero attached hydrogens (tertiary/aromatic N) is 4. The van der Waals surface area contributed by atoms with Crippen LogP contribution in [0.5, 0.6) is 0 Å². The summed E-state index contributed by atoms with van der Waals surface area (Å²) in [7, 11) is 0. The number of carbonyl (C=O) groups is 2. The van der Waals surface area contributed by atoms with Gasteiger partial charge in [0, 0.05) is 12.1 Å². The van der Waals surface area contributed by atoms with Gasteiger partial charge in [-0.3, -0.25) is 39.6 Å². The van der Waals surface area contributed by atoms with Crippen molar-refractivity contribution in [3.8, 4) is 0 Å². The number of amides is 2. The number of nitro benzene ring substituents is 2. The minimum atomic E-state index is -4.91. The number of hydrogen-bond acceptors (Lipinski definition) is 6. The number of halogens is 3. The van der Waals surface area contributed by atoms with E-state index in [0.717, 1.165) is 27.0 Å². The van der Waals surface area contributed by atoms with E-state index in [2.05, 4.69) is 0 Å². The molecule has 236 valence electrons. The van der Waals surface area contributed by atoms with Gasteiger partial charge in [-0.05, 0) is 55.7 Å². The lowest BCUT2D eigenvalue weighted by atomic mass is 10.0. The third-order valence-corrected chi connectivity index (χ3v) is 7.96. The molecule has 0 bridgehead atoms. The van der Waals surface area contributed by atoms with Crippen LogP contribution in [0.15, 0.2) is 96.1 Å². The van der Waals surface area contributed by atoms with E-state index >= 15 is 0 Å². The first-order valence-electron chi connectivity index (χ1n) is 14.1. The highest BCUT2D eigenvalue weighted by atomic mass is 19.4. The lowest BCUT2D eigenvalue weighted by molar-refractivity contribution is -0.384. The second-order valence-corrected chi connectivity index (χ2v) is 11.2. The maximum Gasteiger partial charge on any atom is 0.416 e. The molecule has 0 N–H and O–H groups in total. The first-order valence-corrected chi connectivity index (χ1v) is 14.1. The third kappa shape index (κ3) is 5.11. The molecule has 0 radical (unpaired) electrons. The molecule has 0 aromatic heterocycles. The number of alkyl halides is 3. The highest BCUT2D eigenvalue weighted by Gasteiger charge is 2.52. The largest absolute Gasteiger partial charge is 0.416 e. The second kappa shape index (κ2) is 11.1. The van der Waals surface area contributed by atoms with Crippen molar-refractivity contribution < 1.29 is 32.6 Å². The van der Waals surface area contributed by atoms with Gasteiger partial charge in [-0.2, -0.15) is 13.2 Å². The van der Waals surface area contributed by atoms with Crippen LogP contribution < -0.4 is 9.80 Å². The first-order chi connectivity index (χ1) is 22.2. The van der Waals surface area contributed by atoms with Gasteiger partial charge in [0.15, 0.2) is 0 Å². The third-order valence-electron chi connectivity index (χ3n) is 7.96. The van der Waals surface area contributed by atoms with E-state index in [1.165, 1.54) is 12.1 Å². The van der Waals surface area contributed by atoms with Gasteiger partial charge in [-0.25, -0.2) is 0 Å². The quantitative estimate of drug-likeness (QED) is 0.157. The Kier molecular flexibility index (Phi) is 7.26. The van der Waals surface area contributed by atoms with Crippen LogP contribution in [-0.4, -0.2) is 21.7 Å². The summed E-state index contributed by atoms with van der Waals surface area (Å²) in [6.45, 7) is 5.25. The van der Waals surface area contributed by atoms with E-state index < -0.39 is 50.5 Å². The van der Waals surface area contributed by atoms with Gasteiger partial charge in [-0.15, -0.1) is 0 Å². The Morgan fingerprint density at radius 2 is 0.957 bits per heavy atom. The average molecular weight is 641 g/mol. The molecule has 0 saturated carbocycles. The van der Waals surface area contributed by atoms with Gasteiger partial charge in [0.2, 0.25) is 0 Å². The number of benzene rings is 4. The molecular weight excluding hydrogens is 617 g/mol. The number of fused-ring (bicyclic) bond motifs is 1. The molecule has 6 rings (SSSR count). The summed E-state index contributed by atoms with van der Waals surface area (Å²) in [6.07, 6.45) is -4.91. The molecule has 0 fully saturated rings. The van der Waals surface area contributed by atoms with Gasteiger partial charge in [0.25, 0.3) is 23.2 Å². The Labute approximate surface area is 265 Å². The van der Waals surface area contributed by atoms with Crippen LogP contribution in [0.3, 0.4) is 0 Å². The van der Waals surface area contributed by atoms with Crippen molar-refractivity contribution in [2.75, 3.05) is 9.80 Å². The smallest absolute Gasteiger partial charge is 0.269 e. The molecule has 10 nitrogen and oxygen atoms in total. The van der Waals surface area contributed by atoms with Crippen molar-refractivity contribution in [1.29, 1.82) is 0 Å². The van der Waals surface area contributed by atoms with Gasteiger partial charge < -0.3 is 0 Å². The molecule has 4 aromatic rings. The van der Waals surface area contributed by atoms with Crippen LogP contribution >= 0.6 is 0 Å². The predicted molar refractivity (Wildman–Crippen MR) is 167 cm³/mol. The zero-order chi connectivity index (χ0) is 33.9. The van der Waals surface area contributed by atoms with E-state index in [9.17, 15) is 43.0 Å². The van der Waals surface area contributed by atoms with E-state index in [1.54, 1.807) is 68.4 Å². The summed E-state index contributed by atoms with van der Waals surface area (Å²) in [4.78, 5) is 53.9. The predicted octanol–water partition coefficient (Wildman–Crippen LogP) is 7.66. The van der Waals surface area contributed by atoms with Gasteiger partial charge in [-0.1, -0.05) is 65.7 Å². The highest BCUT2D eigenvalue weighted by Crippen LogP contribution is 2.52. The molecule has 0 unspecified atom stereocenters. The molecular formula is C34H23F3N4O6. The van der Waals surface area contributed by atoms with Crippen LogP contribution in [-0.2, 0) is 15.8 Å². The molecule has 0 saturated heterocycles. The van der Waals surface area contributed by atoms with Crippen molar-refractivity contribution >= 4 is 46.0 Å². The summed E-state index contributed by atoms with van der Waals surface area (Å²) in [5, 5.41) is 24.4. The zero-order valence-corrected chi connectivity index (χ0v) is 25.0. The van der Waals surface area contributed by atoms with E-state index in [4.69, 9.17) is 0 Å². The topological polar surface area (TPSA) is 127 Å². The summed E-state index contributed by atoms with van der Waals surface area (Å²) >= 11 is 0. The van der Waals surface area contributed by atoms with E-state index in [-0.39, 0.29) is 33.8 Å². The number of nitro groups is 2. The monoisotopic (exact) mass is 640 g/mol. The number of aryl methyl sites for hydroxylation is 3. The fourth-order valence-corrected chi connectivity index (χ4v) is 5.74. The fourth-order valence-electron chi connectivity index (χ4n) is 5.74. The molecule has 13 heteroatoms. The Morgan fingerprint density at radius 3 is 1.36 bits per heavy atom. The highest BCUT2D eigenvalue weighted by molar-refractivity contribution is 6.41. The van der Waals surface area contributed by atoms with Crippen molar-refractivity contribution in [2.24, 2.45) is 0 Å². The molecule has 0 atom stereocenters. The lowest BCUT2D eigenvalue weighted by Gasteiger charge is -2.25. The van der Waals surface area contributed by atoms with Crippen LogP contribution in [0.25, 0.3) is 11.4 Å². The molecule has 2 heterocycles. The van der Waals surface area contributed by atoms with E-state index in [1.807, 2.05) is 6.92 Å². The van der Waals surface area contributed by atoms with Crippen LogP contribution in [0.4, 0.5) is 35.9 Å². The van der Waals surface area contributed by atoms with Crippen molar-refractivity contribution in [3.63, 3.8) is 0 Å². The number of anilines is 2. The van der Waals surface area contributed by atoms with Crippen molar-refractivity contribution in [2.45, 2.75) is 26.9 Å². The molecule has 0 spiro atoms. The molecule has 47 heavy (non-hydrogen) atoms. The summed E-state index contributed by atoms with van der Waals surface area (Å²) in [6, 6.07) is 19.3. The molecule has 2 aliphatic rings. The Hall–Kier alpha value is -6.11. The molecule has 2 amide bonds. The lowest BCUT2D eigenvalue weighted by Crippen LogP contribution is -2.30. The van der Waals surface area contributed by atoms with Crippen LogP contribution in [0, 0.1) is 41.0 Å². The van der Waals surface area contributed by atoms with Crippen molar-refractivity contribution in [3.05, 3.63) is 150 Å². The second-order valence-electron chi connectivity index (χ2n) is 11.2. The number of carbonyl (C=O) groups excluding carboxylic acids is 2. The van der Waals surface area contributed by atoms with E-state index in [0.29, 0.717) is 23.3 Å². The standard InChI is InChI=1S/C34H23F3N4O6/c1-18-4-9-21(10-5-18)30-28-29(32(42)38(30)24-14-8-20(3)16-26(24)40(44)45)31(22-11-6-19(2)7-12-22)39(33(28)43)25-15-13-23(34(35,36)37)17-27(25)41(46)47/h4-17H,1-3H3. The normalized spacial score (nSPS) is 14.8. The maximum absolute atomic E-state index is 14.6. The molecule has 0 aliphatic carbocycles. The average Bonchev–Trinajstić information content (AvgIpc) is 3.48. The Morgan fingerprint density at radius 1 is 0.574 bits per heavy atom. The number of hydrogen-bond donors (Lipinski definition) is 0. The molecule has 2 aliphatic heterocycles. The van der Waals surface area contributed by atoms with Gasteiger partial charge in [0.05, 0.1) is 38.0 Å². The van der Waals surface area contributed by atoms with Crippen molar-refractivity contribution in [1.82, 2.24) is 0 Å². The van der Waals surface area contributed by atoms with Gasteiger partial charge in [0.1, 0.15) is 11.4 Å². The van der Waals surface area contributed by atoms with Crippen LogP contribution in [0.2, 0.25) is 0 Å². The Bertz CT molecular complexity index is 2100. The summed E-state index contributed by atoms with van der Waals surface area (Å²) < 4.78 is 40.8. The maximum atomic E-state index is 14.6. The minimum Gasteiger partial charge on any atom is -0.269 e. The van der Waals surface area contributed by atoms with Crippen LogP contribution in [0.1, 0.15) is 33.4 Å². The SMILES string of the molecule is Cc1ccc(C2=C3C(=O)N(c4ccc(C(F)(F)F)cc4[N+](=O)[O-])C(c4ccc(C)cc4)=C3C(=O)N2c2ccc(C)cc2[N+](=O)[O-])cc1. The Balaban J connectivity index is 1.71. The summed E-state index contributed by atoms with van der Waals surface area (Å²) in [5.74, 6) is -1.76. The first kappa shape index (κ1) is 30.9. The fraction of sp³-hybridized carbons (Fsp3) is 0.118. The van der Waals surface area contributed by atoms with Gasteiger partial charge >= 0.3 is 6.18 Å². The number of rotatable bonds is 6. The summed E-state index contributed by atoms with van der Waals surface area (Å²) in [5.41, 5.74) is -1.04. The minimum absolute atomic E-state index is 0.0105. The zero-order valence-electron chi connectivity index (χ0n) is 25.0.